The average Bonchev–Trinajstić information content (AvgIpc) is 2.35. The Morgan fingerprint density at radius 3 is 2.19 bits per heavy atom. The monoisotopic (exact) mass is 348 g/mol. The van der Waals surface area contributed by atoms with E-state index in [0.717, 1.165) is 18.9 Å². The molecule has 0 atom stereocenters. The summed E-state index contributed by atoms with van der Waals surface area (Å²) in [5.41, 5.74) is 0. The second-order valence-electron chi connectivity index (χ2n) is 5.26. The van der Waals surface area contributed by atoms with Crippen LogP contribution in [0.2, 0.25) is 19.1 Å². The van der Waals surface area contributed by atoms with Gasteiger partial charge in [-0.15, -0.1) is 0 Å². The maximum atomic E-state index is 12.8. The highest BCUT2D eigenvalue weighted by atomic mass is 32.2. The lowest BCUT2D eigenvalue weighted by atomic mass is 10.2. The van der Waals surface area contributed by atoms with Gasteiger partial charge in [0, 0.05) is 7.11 Å². The molecule has 0 bridgehead atoms. The second kappa shape index (κ2) is 8.16. The lowest BCUT2D eigenvalue weighted by Gasteiger charge is -2.19. The van der Waals surface area contributed by atoms with E-state index in [0.29, 0.717) is 12.8 Å². The molecule has 0 aromatic heterocycles. The number of halogens is 2. The molecule has 0 heterocycles. The Kier molecular flexibility index (Phi) is 7.93. The van der Waals surface area contributed by atoms with Crippen LogP contribution in [0.5, 0.6) is 0 Å². The molecule has 0 aliphatic carbocycles. The molecular formula is C11H22F2O6SSi. The van der Waals surface area contributed by atoms with E-state index in [4.69, 9.17) is 8.98 Å². The van der Waals surface area contributed by atoms with Crippen molar-refractivity contribution in [1.82, 2.24) is 0 Å². The van der Waals surface area contributed by atoms with Crippen molar-refractivity contribution in [2.24, 2.45) is 0 Å². The molecule has 10 heteroatoms. The van der Waals surface area contributed by atoms with E-state index < -0.39 is 29.7 Å². The number of unbranched alkanes of at least 4 members (excludes halogenated alkanes) is 3. The first kappa shape index (κ1) is 20.4. The highest BCUT2D eigenvalue weighted by molar-refractivity contribution is 7.87. The van der Waals surface area contributed by atoms with Gasteiger partial charge in [-0.1, -0.05) is 19.3 Å². The zero-order valence-corrected chi connectivity index (χ0v) is 14.2. The van der Waals surface area contributed by atoms with Gasteiger partial charge in [-0.3, -0.25) is 4.55 Å². The Labute approximate surface area is 124 Å². The molecule has 0 spiro atoms. The third kappa shape index (κ3) is 7.29. The minimum absolute atomic E-state index is 0.310. The molecule has 0 saturated carbocycles. The maximum absolute atomic E-state index is 12.8. The molecule has 21 heavy (non-hydrogen) atoms. The molecule has 0 saturated heterocycles. The van der Waals surface area contributed by atoms with Gasteiger partial charge in [0.2, 0.25) is 0 Å². The number of hydrogen-bond donors (Lipinski definition) is 1. The molecule has 0 fully saturated rings. The number of esters is 1. The number of rotatable bonds is 10. The van der Waals surface area contributed by atoms with Crippen molar-refractivity contribution in [1.29, 1.82) is 0 Å². The highest BCUT2D eigenvalue weighted by Gasteiger charge is 2.54. The SMILES string of the molecule is CO[Si](C)(C)CCCCCCOC(=O)C(F)(F)S(=O)(=O)O. The molecule has 1 N–H and O–H groups in total. The fourth-order valence-corrected chi connectivity index (χ4v) is 3.04. The largest absolute Gasteiger partial charge is 0.465 e. The topological polar surface area (TPSA) is 89.9 Å². The third-order valence-electron chi connectivity index (χ3n) is 3.02. The quantitative estimate of drug-likeness (QED) is 0.282. The predicted octanol–water partition coefficient (Wildman–Crippen LogP) is 2.42. The summed E-state index contributed by atoms with van der Waals surface area (Å²) < 4.78 is 63.9. The van der Waals surface area contributed by atoms with Crippen LogP contribution >= 0.6 is 0 Å². The normalized spacial score (nSPS) is 13.2. The second-order valence-corrected chi connectivity index (χ2v) is 11.1. The molecule has 0 aromatic rings. The summed E-state index contributed by atoms with van der Waals surface area (Å²) in [6, 6.07) is 0.976. The third-order valence-corrected chi connectivity index (χ3v) is 6.50. The van der Waals surface area contributed by atoms with Gasteiger partial charge in [0.05, 0.1) is 6.61 Å². The fraction of sp³-hybridized carbons (Fsp3) is 0.909. The number of carbonyl (C=O) groups is 1. The zero-order valence-electron chi connectivity index (χ0n) is 12.4. The smallest absolute Gasteiger partial charge is 0.460 e. The van der Waals surface area contributed by atoms with Gasteiger partial charge in [0.15, 0.2) is 8.32 Å². The Morgan fingerprint density at radius 2 is 1.71 bits per heavy atom. The van der Waals surface area contributed by atoms with Gasteiger partial charge < -0.3 is 9.16 Å². The Balaban J connectivity index is 3.86. The van der Waals surface area contributed by atoms with E-state index in [9.17, 15) is 22.0 Å². The highest BCUT2D eigenvalue weighted by Crippen LogP contribution is 2.22. The van der Waals surface area contributed by atoms with Crippen molar-refractivity contribution in [3.05, 3.63) is 0 Å². The van der Waals surface area contributed by atoms with Crippen molar-refractivity contribution < 1.29 is 35.7 Å². The molecule has 0 aromatic carbocycles. The molecule has 126 valence electrons. The first-order chi connectivity index (χ1) is 9.44. The summed E-state index contributed by atoms with van der Waals surface area (Å²) in [5.74, 6) is -2.25. The lowest BCUT2D eigenvalue weighted by Crippen LogP contribution is -2.39. The van der Waals surface area contributed by atoms with Crippen LogP contribution in [-0.2, 0) is 24.1 Å². The summed E-state index contributed by atoms with van der Waals surface area (Å²) in [6.07, 6.45) is 2.79. The molecule has 0 aliphatic rings. The van der Waals surface area contributed by atoms with Crippen molar-refractivity contribution in [3.8, 4) is 0 Å². The average molecular weight is 348 g/mol. The molecule has 0 unspecified atom stereocenters. The maximum Gasteiger partial charge on any atom is 0.465 e. The van der Waals surface area contributed by atoms with E-state index in [2.05, 4.69) is 17.8 Å². The molecular weight excluding hydrogens is 326 g/mol. The van der Waals surface area contributed by atoms with Gasteiger partial charge in [0.1, 0.15) is 0 Å². The standard InChI is InChI=1S/C11H22F2O6SSi/c1-18-21(2,3)9-7-5-4-6-8-19-10(14)11(12,13)20(15,16)17/h4-9H2,1-3H3,(H,15,16,17). The summed E-state index contributed by atoms with van der Waals surface area (Å²) in [7, 11) is -5.70. The Hall–Kier alpha value is -0.583. The minimum atomic E-state index is -5.79. The van der Waals surface area contributed by atoms with Crippen molar-refractivity contribution in [2.45, 2.75) is 50.1 Å². The van der Waals surface area contributed by atoms with Gasteiger partial charge in [0.25, 0.3) is 0 Å². The first-order valence-electron chi connectivity index (χ1n) is 6.51. The molecule has 0 amide bonds. The van der Waals surface area contributed by atoms with E-state index >= 15 is 0 Å². The van der Waals surface area contributed by atoms with Crippen molar-refractivity contribution in [2.75, 3.05) is 13.7 Å². The van der Waals surface area contributed by atoms with Crippen LogP contribution in [0.15, 0.2) is 0 Å². The fourth-order valence-electron chi connectivity index (χ4n) is 1.46. The summed E-state index contributed by atoms with van der Waals surface area (Å²) in [5, 5.41) is -4.92. The number of carbonyl (C=O) groups excluding carboxylic acids is 1. The number of alkyl halides is 2. The summed E-state index contributed by atoms with van der Waals surface area (Å²) >= 11 is 0. The molecule has 6 nitrogen and oxygen atoms in total. The predicted molar refractivity (Wildman–Crippen MR) is 75.2 cm³/mol. The van der Waals surface area contributed by atoms with Crippen molar-refractivity contribution in [3.63, 3.8) is 0 Å². The van der Waals surface area contributed by atoms with E-state index in [-0.39, 0.29) is 6.61 Å². The van der Waals surface area contributed by atoms with Crippen LogP contribution in [0.1, 0.15) is 25.7 Å². The van der Waals surface area contributed by atoms with Crippen molar-refractivity contribution >= 4 is 24.4 Å². The van der Waals surface area contributed by atoms with Gasteiger partial charge in [-0.05, 0) is 25.6 Å². The van der Waals surface area contributed by atoms with Gasteiger partial charge in [-0.2, -0.15) is 17.2 Å². The Morgan fingerprint density at radius 1 is 1.19 bits per heavy atom. The van der Waals surface area contributed by atoms with Crippen LogP contribution < -0.4 is 0 Å². The lowest BCUT2D eigenvalue weighted by molar-refractivity contribution is -0.161. The van der Waals surface area contributed by atoms with Crippen LogP contribution in [0.25, 0.3) is 0 Å². The van der Waals surface area contributed by atoms with Crippen LogP contribution in [0.4, 0.5) is 8.78 Å². The molecule has 0 rings (SSSR count). The molecule has 0 aliphatic heterocycles. The van der Waals surface area contributed by atoms with E-state index in [1.807, 2.05) is 0 Å². The van der Waals surface area contributed by atoms with E-state index in [1.54, 1.807) is 7.11 Å². The Bertz CT molecular complexity index is 438. The summed E-state index contributed by atoms with van der Waals surface area (Å²) in [6.45, 7) is 3.87. The minimum Gasteiger partial charge on any atom is -0.460 e. The van der Waals surface area contributed by atoms with Gasteiger partial charge >= 0.3 is 21.3 Å². The van der Waals surface area contributed by atoms with Crippen LogP contribution in [0, 0.1) is 0 Å². The number of hydrogen-bond acceptors (Lipinski definition) is 5. The first-order valence-corrected chi connectivity index (χ1v) is 11.1. The summed E-state index contributed by atoms with van der Waals surface area (Å²) in [4.78, 5) is 10.8. The zero-order chi connectivity index (χ0) is 16.7. The van der Waals surface area contributed by atoms with Crippen LogP contribution in [0.3, 0.4) is 0 Å². The van der Waals surface area contributed by atoms with E-state index in [1.165, 1.54) is 0 Å². The molecule has 0 radical (unpaired) electrons. The van der Waals surface area contributed by atoms with Gasteiger partial charge in [-0.25, -0.2) is 4.79 Å². The van der Waals surface area contributed by atoms with Crippen LogP contribution in [-0.4, -0.2) is 46.2 Å². The number of ether oxygens (including phenoxy) is 1.